The van der Waals surface area contributed by atoms with E-state index in [1.807, 2.05) is 13.8 Å². The standard InChI is InChI=1S/C15H25N3O4S/c1-10-5-17(6-11(2)22-10)7-12(19)8-18-13(20)15(16-14(18)21)3-4-23-9-15/h10-12,19H,3-9H2,1-2H3,(H,16,21)/t10-,11+,12-,15+/m0/s1. The molecular formula is C15H25N3O4S. The van der Waals surface area contributed by atoms with Crippen molar-refractivity contribution in [1.29, 1.82) is 0 Å². The number of urea groups is 1. The molecule has 3 saturated heterocycles. The van der Waals surface area contributed by atoms with E-state index in [-0.39, 0.29) is 30.7 Å². The van der Waals surface area contributed by atoms with Crippen molar-refractivity contribution in [1.82, 2.24) is 15.1 Å². The van der Waals surface area contributed by atoms with Crippen LogP contribution >= 0.6 is 11.8 Å². The molecule has 8 heteroatoms. The third-order valence-electron chi connectivity index (χ3n) is 4.63. The van der Waals surface area contributed by atoms with Gasteiger partial charge in [0.05, 0.1) is 24.9 Å². The van der Waals surface area contributed by atoms with E-state index in [2.05, 4.69) is 10.2 Å². The molecule has 0 saturated carbocycles. The van der Waals surface area contributed by atoms with Crippen molar-refractivity contribution < 1.29 is 19.4 Å². The molecular weight excluding hydrogens is 318 g/mol. The highest BCUT2D eigenvalue weighted by atomic mass is 32.2. The zero-order chi connectivity index (χ0) is 16.6. The van der Waals surface area contributed by atoms with Crippen LogP contribution in [0.15, 0.2) is 0 Å². The van der Waals surface area contributed by atoms with Crippen LogP contribution in [0.5, 0.6) is 0 Å². The molecule has 0 aliphatic carbocycles. The second-order valence-electron chi connectivity index (χ2n) is 6.86. The summed E-state index contributed by atoms with van der Waals surface area (Å²) >= 11 is 1.68. The molecule has 0 bridgehead atoms. The van der Waals surface area contributed by atoms with Crippen LogP contribution in [-0.4, -0.2) is 88.4 Å². The Morgan fingerprint density at radius 2 is 2.04 bits per heavy atom. The maximum atomic E-state index is 12.6. The van der Waals surface area contributed by atoms with Gasteiger partial charge in [-0.15, -0.1) is 0 Å². The molecule has 3 aliphatic heterocycles. The number of carbonyl (C=O) groups excluding carboxylic acids is 2. The molecule has 23 heavy (non-hydrogen) atoms. The van der Waals surface area contributed by atoms with Crippen molar-refractivity contribution in [2.75, 3.05) is 37.7 Å². The van der Waals surface area contributed by atoms with Gasteiger partial charge in [-0.1, -0.05) is 0 Å². The fourth-order valence-corrected chi connectivity index (χ4v) is 5.00. The van der Waals surface area contributed by atoms with Crippen LogP contribution in [0.4, 0.5) is 4.79 Å². The molecule has 1 spiro atoms. The van der Waals surface area contributed by atoms with Crippen LogP contribution in [0.1, 0.15) is 20.3 Å². The lowest BCUT2D eigenvalue weighted by atomic mass is 9.99. The van der Waals surface area contributed by atoms with Crippen LogP contribution in [0.3, 0.4) is 0 Å². The quantitative estimate of drug-likeness (QED) is 0.693. The summed E-state index contributed by atoms with van der Waals surface area (Å²) in [6.07, 6.45) is 0.183. The van der Waals surface area contributed by atoms with Crippen LogP contribution in [0, 0.1) is 0 Å². The number of β-amino-alcohol motifs (C(OH)–C–C–N with tert-alkyl or cyclic N) is 1. The molecule has 3 amide bonds. The summed E-state index contributed by atoms with van der Waals surface area (Å²) in [5.74, 6) is 1.32. The molecule has 4 atom stereocenters. The molecule has 0 unspecified atom stereocenters. The number of nitrogens with one attached hydrogen (secondary N) is 1. The highest BCUT2D eigenvalue weighted by Crippen LogP contribution is 2.33. The first-order valence-electron chi connectivity index (χ1n) is 8.17. The highest BCUT2D eigenvalue weighted by molar-refractivity contribution is 7.99. The Balaban J connectivity index is 1.56. The Morgan fingerprint density at radius 3 is 2.65 bits per heavy atom. The number of aliphatic hydroxyl groups is 1. The number of hydrogen-bond acceptors (Lipinski definition) is 6. The molecule has 3 fully saturated rings. The van der Waals surface area contributed by atoms with Gasteiger partial charge in [-0.3, -0.25) is 14.6 Å². The molecule has 2 N–H and O–H groups in total. The van der Waals surface area contributed by atoms with Gasteiger partial charge in [0, 0.05) is 25.4 Å². The van der Waals surface area contributed by atoms with E-state index in [4.69, 9.17) is 4.74 Å². The summed E-state index contributed by atoms with van der Waals surface area (Å²) in [6.45, 7) is 6.01. The average Bonchev–Trinajstić information content (AvgIpc) is 2.99. The van der Waals surface area contributed by atoms with E-state index in [1.165, 1.54) is 4.90 Å². The lowest BCUT2D eigenvalue weighted by Crippen LogP contribution is -2.51. The Kier molecular flexibility index (Phi) is 4.87. The Morgan fingerprint density at radius 1 is 1.35 bits per heavy atom. The maximum absolute atomic E-state index is 12.6. The van der Waals surface area contributed by atoms with E-state index in [9.17, 15) is 14.7 Å². The van der Waals surface area contributed by atoms with Crippen LogP contribution in [0.2, 0.25) is 0 Å². The highest BCUT2D eigenvalue weighted by Gasteiger charge is 2.53. The Labute approximate surface area is 140 Å². The van der Waals surface area contributed by atoms with Gasteiger partial charge in [0.15, 0.2) is 0 Å². The number of thioether (sulfide) groups is 1. The van der Waals surface area contributed by atoms with Gasteiger partial charge in [-0.05, 0) is 26.0 Å². The van der Waals surface area contributed by atoms with Gasteiger partial charge in [0.2, 0.25) is 0 Å². The lowest BCUT2D eigenvalue weighted by Gasteiger charge is -2.36. The van der Waals surface area contributed by atoms with Crippen molar-refractivity contribution in [3.63, 3.8) is 0 Å². The zero-order valence-electron chi connectivity index (χ0n) is 13.7. The van der Waals surface area contributed by atoms with Crippen LogP contribution in [0.25, 0.3) is 0 Å². The Hall–Kier alpha value is -0.830. The minimum atomic E-state index is -0.744. The molecule has 130 valence electrons. The number of amides is 3. The fraction of sp³-hybridized carbons (Fsp3) is 0.867. The number of hydrogen-bond donors (Lipinski definition) is 2. The number of carbonyl (C=O) groups is 2. The van der Waals surface area contributed by atoms with Gasteiger partial charge in [0.1, 0.15) is 5.54 Å². The predicted octanol–water partition coefficient (Wildman–Crippen LogP) is -0.116. The van der Waals surface area contributed by atoms with Gasteiger partial charge < -0.3 is 15.2 Å². The first kappa shape index (κ1) is 17.0. The summed E-state index contributed by atoms with van der Waals surface area (Å²) in [6, 6.07) is -0.375. The molecule has 0 aromatic heterocycles. The maximum Gasteiger partial charge on any atom is 0.325 e. The second kappa shape index (κ2) is 6.58. The smallest absolute Gasteiger partial charge is 0.325 e. The third kappa shape index (κ3) is 3.50. The van der Waals surface area contributed by atoms with Gasteiger partial charge >= 0.3 is 6.03 Å². The number of rotatable bonds is 4. The minimum Gasteiger partial charge on any atom is -0.390 e. The summed E-state index contributed by atoms with van der Waals surface area (Å²) < 4.78 is 5.67. The minimum absolute atomic E-state index is 0.0528. The van der Waals surface area contributed by atoms with Gasteiger partial charge in [0.25, 0.3) is 5.91 Å². The SMILES string of the molecule is C[C@@H]1CN(C[C@H](O)CN2C(=O)N[C@@]3(CCSC3)C2=O)C[C@H](C)O1. The zero-order valence-corrected chi connectivity index (χ0v) is 14.5. The molecule has 3 heterocycles. The second-order valence-corrected chi connectivity index (χ2v) is 7.97. The summed E-state index contributed by atoms with van der Waals surface area (Å²) in [5, 5.41) is 13.2. The van der Waals surface area contributed by atoms with Crippen molar-refractivity contribution in [3.05, 3.63) is 0 Å². The summed E-state index contributed by atoms with van der Waals surface area (Å²) in [7, 11) is 0. The van der Waals surface area contributed by atoms with Gasteiger partial charge in [-0.2, -0.15) is 11.8 Å². The normalized spacial score (nSPS) is 36.7. The topological polar surface area (TPSA) is 82.1 Å². The lowest BCUT2D eigenvalue weighted by molar-refractivity contribution is -0.132. The predicted molar refractivity (Wildman–Crippen MR) is 87.4 cm³/mol. The van der Waals surface area contributed by atoms with E-state index >= 15 is 0 Å². The van der Waals surface area contributed by atoms with Crippen molar-refractivity contribution in [2.45, 2.75) is 44.1 Å². The monoisotopic (exact) mass is 343 g/mol. The number of nitrogens with zero attached hydrogens (tertiary/aromatic N) is 2. The molecule has 0 aromatic rings. The number of imide groups is 1. The summed E-state index contributed by atoms with van der Waals surface area (Å²) in [5.41, 5.74) is -0.733. The fourth-order valence-electron chi connectivity index (χ4n) is 3.67. The van der Waals surface area contributed by atoms with Crippen LogP contribution in [-0.2, 0) is 9.53 Å². The third-order valence-corrected chi connectivity index (χ3v) is 5.81. The molecule has 0 radical (unpaired) electrons. The largest absolute Gasteiger partial charge is 0.390 e. The molecule has 0 aromatic carbocycles. The van der Waals surface area contributed by atoms with E-state index in [1.54, 1.807) is 11.8 Å². The number of morpholine rings is 1. The molecule has 3 rings (SSSR count). The van der Waals surface area contributed by atoms with Gasteiger partial charge in [-0.25, -0.2) is 4.79 Å². The van der Waals surface area contributed by atoms with E-state index in [0.717, 1.165) is 18.8 Å². The van der Waals surface area contributed by atoms with E-state index in [0.29, 0.717) is 18.7 Å². The van der Waals surface area contributed by atoms with Crippen LogP contribution < -0.4 is 5.32 Å². The molecule has 7 nitrogen and oxygen atoms in total. The molecule has 3 aliphatic rings. The van der Waals surface area contributed by atoms with Crippen molar-refractivity contribution in [3.8, 4) is 0 Å². The first-order valence-corrected chi connectivity index (χ1v) is 9.33. The first-order chi connectivity index (χ1) is 10.9. The van der Waals surface area contributed by atoms with E-state index < -0.39 is 11.6 Å². The summed E-state index contributed by atoms with van der Waals surface area (Å²) in [4.78, 5) is 28.0. The number of aliphatic hydroxyl groups excluding tert-OH is 1. The van der Waals surface area contributed by atoms with Crippen molar-refractivity contribution >= 4 is 23.7 Å². The van der Waals surface area contributed by atoms with Crippen molar-refractivity contribution in [2.24, 2.45) is 0 Å². The number of ether oxygens (including phenoxy) is 1. The Bertz CT molecular complexity index is 473. The average molecular weight is 343 g/mol.